The lowest BCUT2D eigenvalue weighted by molar-refractivity contribution is -0.134. The Hall–Kier alpha value is -1.86. The first kappa shape index (κ1) is 18.9. The highest BCUT2D eigenvalue weighted by molar-refractivity contribution is 7.80. The Morgan fingerprint density at radius 1 is 1.12 bits per heavy atom. The molecule has 1 aromatic carbocycles. The molecular formula is C19H28N4O2S. The number of likely N-dealkylation sites (tertiary alicyclic amines) is 2. The molecule has 3 rings (SSSR count). The minimum absolute atomic E-state index is 0.187. The molecule has 0 aromatic heterocycles. The van der Waals surface area contributed by atoms with E-state index in [1.54, 1.807) is 7.11 Å². The third kappa shape index (κ3) is 3.94. The number of hydrogen-bond acceptors (Lipinski definition) is 4. The van der Waals surface area contributed by atoms with Crippen molar-refractivity contribution in [1.29, 1.82) is 0 Å². The Balaban J connectivity index is 1.60. The van der Waals surface area contributed by atoms with Crippen molar-refractivity contribution in [3.63, 3.8) is 0 Å². The van der Waals surface area contributed by atoms with Crippen LogP contribution in [0.1, 0.15) is 32.1 Å². The Bertz CT molecular complexity index is 635. The molecule has 0 unspecified atom stereocenters. The van der Waals surface area contributed by atoms with E-state index in [-0.39, 0.29) is 5.91 Å². The minimum Gasteiger partial charge on any atom is -0.497 e. The summed E-state index contributed by atoms with van der Waals surface area (Å²) in [6, 6.07) is 7.68. The maximum absolute atomic E-state index is 12.3. The van der Waals surface area contributed by atoms with Crippen LogP contribution in [-0.4, -0.2) is 59.6 Å². The van der Waals surface area contributed by atoms with Gasteiger partial charge in [0.05, 0.1) is 7.11 Å². The predicted octanol–water partition coefficient (Wildman–Crippen LogP) is 2.20. The van der Waals surface area contributed by atoms with Gasteiger partial charge >= 0.3 is 0 Å². The minimum atomic E-state index is -0.507. The highest BCUT2D eigenvalue weighted by atomic mass is 32.1. The van der Waals surface area contributed by atoms with Crippen LogP contribution in [0.15, 0.2) is 24.3 Å². The molecule has 1 aromatic rings. The first-order valence-corrected chi connectivity index (χ1v) is 9.71. The van der Waals surface area contributed by atoms with Crippen molar-refractivity contribution in [2.24, 2.45) is 5.73 Å². The molecule has 0 saturated carbocycles. The zero-order valence-electron chi connectivity index (χ0n) is 15.4. The number of benzene rings is 1. The van der Waals surface area contributed by atoms with Gasteiger partial charge in [-0.2, -0.15) is 0 Å². The van der Waals surface area contributed by atoms with Crippen LogP contribution in [0.3, 0.4) is 0 Å². The molecule has 0 radical (unpaired) electrons. The van der Waals surface area contributed by atoms with Gasteiger partial charge < -0.3 is 20.7 Å². The SMILES string of the molecule is COc1ccc(NC(=S)N2CCC(C(N)=O)(N3CCCCC3)CC2)cc1. The number of ether oxygens (including phenoxy) is 1. The maximum atomic E-state index is 12.3. The first-order valence-electron chi connectivity index (χ1n) is 9.30. The van der Waals surface area contributed by atoms with Crippen LogP contribution in [0.5, 0.6) is 5.75 Å². The summed E-state index contributed by atoms with van der Waals surface area (Å²) < 4.78 is 5.17. The molecule has 7 heteroatoms. The lowest BCUT2D eigenvalue weighted by atomic mass is 9.83. The van der Waals surface area contributed by atoms with Gasteiger partial charge in [0.2, 0.25) is 5.91 Å². The molecule has 0 aliphatic carbocycles. The summed E-state index contributed by atoms with van der Waals surface area (Å²) in [6.45, 7) is 3.41. The second-order valence-corrected chi connectivity index (χ2v) is 7.48. The number of anilines is 1. The molecule has 1 amide bonds. The van der Waals surface area contributed by atoms with Gasteiger partial charge in [-0.25, -0.2) is 0 Å². The highest BCUT2D eigenvalue weighted by Gasteiger charge is 2.45. The quantitative estimate of drug-likeness (QED) is 0.785. The highest BCUT2D eigenvalue weighted by Crippen LogP contribution is 2.31. The molecule has 0 bridgehead atoms. The van der Waals surface area contributed by atoms with Gasteiger partial charge in [-0.1, -0.05) is 6.42 Å². The number of methoxy groups -OCH3 is 1. The Labute approximate surface area is 160 Å². The molecular weight excluding hydrogens is 348 g/mol. The zero-order chi connectivity index (χ0) is 18.6. The summed E-state index contributed by atoms with van der Waals surface area (Å²) in [5.74, 6) is 0.625. The summed E-state index contributed by atoms with van der Waals surface area (Å²) in [4.78, 5) is 16.8. The normalized spacial score (nSPS) is 20.4. The summed E-state index contributed by atoms with van der Waals surface area (Å²) in [6.07, 6.45) is 5.00. The molecule has 26 heavy (non-hydrogen) atoms. The van der Waals surface area contributed by atoms with E-state index in [9.17, 15) is 4.79 Å². The van der Waals surface area contributed by atoms with Crippen LogP contribution in [-0.2, 0) is 4.79 Å². The number of carbonyl (C=O) groups excluding carboxylic acids is 1. The van der Waals surface area contributed by atoms with E-state index < -0.39 is 5.54 Å². The van der Waals surface area contributed by atoms with Crippen LogP contribution in [0.2, 0.25) is 0 Å². The Morgan fingerprint density at radius 3 is 2.27 bits per heavy atom. The molecule has 2 aliphatic rings. The van der Waals surface area contributed by atoms with Crippen molar-refractivity contribution >= 4 is 28.9 Å². The monoisotopic (exact) mass is 376 g/mol. The van der Waals surface area contributed by atoms with E-state index in [4.69, 9.17) is 22.7 Å². The van der Waals surface area contributed by atoms with Crippen molar-refractivity contribution in [1.82, 2.24) is 9.80 Å². The topological polar surface area (TPSA) is 70.8 Å². The number of rotatable bonds is 4. The Morgan fingerprint density at radius 2 is 1.73 bits per heavy atom. The van der Waals surface area contributed by atoms with Gasteiger partial charge in [0.1, 0.15) is 11.3 Å². The number of primary amides is 1. The fourth-order valence-corrected chi connectivity index (χ4v) is 4.30. The number of carbonyl (C=O) groups is 1. The van der Waals surface area contributed by atoms with Crippen LogP contribution in [0, 0.1) is 0 Å². The number of thiocarbonyl (C=S) groups is 1. The maximum Gasteiger partial charge on any atom is 0.238 e. The second-order valence-electron chi connectivity index (χ2n) is 7.09. The zero-order valence-corrected chi connectivity index (χ0v) is 16.2. The van der Waals surface area contributed by atoms with Gasteiger partial charge in [-0.3, -0.25) is 9.69 Å². The average molecular weight is 377 g/mol. The van der Waals surface area contributed by atoms with E-state index in [0.29, 0.717) is 5.11 Å². The van der Waals surface area contributed by atoms with Crippen LogP contribution in [0.4, 0.5) is 5.69 Å². The smallest absolute Gasteiger partial charge is 0.238 e. The number of hydrogen-bond donors (Lipinski definition) is 2. The third-order valence-corrected chi connectivity index (χ3v) is 6.00. The number of nitrogens with zero attached hydrogens (tertiary/aromatic N) is 2. The second kappa shape index (κ2) is 8.22. The van der Waals surface area contributed by atoms with Crippen molar-refractivity contribution in [3.8, 4) is 5.75 Å². The average Bonchev–Trinajstić information content (AvgIpc) is 2.69. The molecule has 0 atom stereocenters. The molecule has 2 aliphatic heterocycles. The van der Waals surface area contributed by atoms with Crippen molar-refractivity contribution in [2.45, 2.75) is 37.6 Å². The van der Waals surface area contributed by atoms with Crippen molar-refractivity contribution in [2.75, 3.05) is 38.6 Å². The molecule has 2 fully saturated rings. The first-order chi connectivity index (χ1) is 12.5. The lowest BCUT2D eigenvalue weighted by Gasteiger charge is -2.48. The fraction of sp³-hybridized carbons (Fsp3) is 0.579. The fourth-order valence-electron chi connectivity index (χ4n) is 4.00. The molecule has 6 nitrogen and oxygen atoms in total. The Kier molecular flexibility index (Phi) is 5.98. The van der Waals surface area contributed by atoms with Gasteiger partial charge in [0.15, 0.2) is 5.11 Å². The predicted molar refractivity (Wildman–Crippen MR) is 107 cm³/mol. The number of nitrogens with two attached hydrogens (primary N) is 1. The van der Waals surface area contributed by atoms with Gasteiger partial charge in [0.25, 0.3) is 0 Å². The summed E-state index contributed by atoms with van der Waals surface area (Å²) in [7, 11) is 1.65. The van der Waals surface area contributed by atoms with Crippen molar-refractivity contribution in [3.05, 3.63) is 24.3 Å². The van der Waals surface area contributed by atoms with E-state index in [2.05, 4.69) is 15.1 Å². The van der Waals surface area contributed by atoms with Gasteiger partial charge in [-0.05, 0) is 75.3 Å². The lowest BCUT2D eigenvalue weighted by Crippen LogP contribution is -2.64. The molecule has 0 spiro atoms. The molecule has 2 heterocycles. The molecule has 3 N–H and O–H groups in total. The summed E-state index contributed by atoms with van der Waals surface area (Å²) in [5.41, 5.74) is 6.27. The van der Waals surface area contributed by atoms with Crippen molar-refractivity contribution < 1.29 is 9.53 Å². The molecule has 2 saturated heterocycles. The van der Waals surface area contributed by atoms with Crippen LogP contribution < -0.4 is 15.8 Å². The number of nitrogens with one attached hydrogen (secondary N) is 1. The molecule has 142 valence electrons. The van der Waals surface area contributed by atoms with E-state index in [1.807, 2.05) is 24.3 Å². The van der Waals surface area contributed by atoms with Crippen LogP contribution >= 0.6 is 12.2 Å². The standard InChI is InChI=1S/C19H28N4O2S/c1-25-16-7-5-15(6-8-16)21-18(26)22-13-9-19(10-14-22,17(20)24)23-11-3-2-4-12-23/h5-8H,2-4,9-14H2,1H3,(H2,20,24)(H,21,26). The van der Waals surface area contributed by atoms with E-state index >= 15 is 0 Å². The summed E-state index contributed by atoms with van der Waals surface area (Å²) >= 11 is 5.57. The number of piperidine rings is 2. The largest absolute Gasteiger partial charge is 0.497 e. The van der Waals surface area contributed by atoms with E-state index in [0.717, 1.165) is 63.3 Å². The third-order valence-electron chi connectivity index (χ3n) is 5.64. The van der Waals surface area contributed by atoms with Gasteiger partial charge in [-0.15, -0.1) is 0 Å². The van der Waals surface area contributed by atoms with E-state index in [1.165, 1.54) is 6.42 Å². The van der Waals surface area contributed by atoms with Gasteiger partial charge in [0, 0.05) is 18.8 Å². The summed E-state index contributed by atoms with van der Waals surface area (Å²) in [5, 5.41) is 3.96. The number of amides is 1. The van der Waals surface area contributed by atoms with Crippen LogP contribution in [0.25, 0.3) is 0 Å².